The van der Waals surface area contributed by atoms with Crippen LogP contribution in [-0.2, 0) is 19.1 Å². The summed E-state index contributed by atoms with van der Waals surface area (Å²) in [5.41, 5.74) is 1.92. The summed E-state index contributed by atoms with van der Waals surface area (Å²) in [4.78, 5) is 43.8. The van der Waals surface area contributed by atoms with Crippen molar-refractivity contribution in [2.75, 3.05) is 25.9 Å². The van der Waals surface area contributed by atoms with Crippen LogP contribution in [0.15, 0.2) is 83.4 Å². The van der Waals surface area contributed by atoms with E-state index in [0.717, 1.165) is 36.2 Å². The van der Waals surface area contributed by atoms with Crippen molar-refractivity contribution in [1.29, 1.82) is 0 Å². The number of thioether (sulfide) groups is 2. The third kappa shape index (κ3) is 7.04. The summed E-state index contributed by atoms with van der Waals surface area (Å²) >= 11 is 3.25. The Bertz CT molecular complexity index is 1320. The maximum atomic E-state index is 14.0. The van der Waals surface area contributed by atoms with Crippen LogP contribution in [0.4, 0.5) is 4.79 Å². The molecule has 3 aliphatic heterocycles. The van der Waals surface area contributed by atoms with E-state index in [1.165, 1.54) is 16.7 Å². The number of nitrogens with zero attached hydrogens (tertiary/aromatic N) is 2. The second kappa shape index (κ2) is 13.0. The van der Waals surface area contributed by atoms with Crippen LogP contribution in [0.3, 0.4) is 0 Å². The summed E-state index contributed by atoms with van der Waals surface area (Å²) < 4.78 is 11.6. The highest BCUT2D eigenvalue weighted by Crippen LogP contribution is 2.42. The minimum atomic E-state index is -0.791. The smallest absolute Gasteiger partial charge is 0.408 e. The zero-order valence-electron chi connectivity index (χ0n) is 24.3. The molecule has 0 bridgehead atoms. The molecule has 2 aromatic rings. The molecule has 2 amide bonds. The van der Waals surface area contributed by atoms with Gasteiger partial charge in [-0.3, -0.25) is 9.69 Å². The minimum Gasteiger partial charge on any atom is -0.448 e. The maximum Gasteiger partial charge on any atom is 0.408 e. The highest BCUT2D eigenvalue weighted by Gasteiger charge is 2.54. The molecule has 5 rings (SSSR count). The molecular weight excluding hydrogens is 571 g/mol. The zero-order valence-corrected chi connectivity index (χ0v) is 26.0. The van der Waals surface area contributed by atoms with Gasteiger partial charge in [0.2, 0.25) is 0 Å². The molecule has 8 nitrogen and oxygen atoms in total. The van der Waals surface area contributed by atoms with Gasteiger partial charge in [0.15, 0.2) is 6.10 Å². The van der Waals surface area contributed by atoms with Crippen LogP contribution in [0.2, 0.25) is 0 Å². The molecule has 42 heavy (non-hydrogen) atoms. The number of fused-ring (bicyclic) bond motifs is 1. The lowest BCUT2D eigenvalue weighted by molar-refractivity contribution is -0.153. The van der Waals surface area contributed by atoms with Crippen LogP contribution in [0.25, 0.3) is 0 Å². The number of ether oxygens (including phenoxy) is 2. The van der Waals surface area contributed by atoms with Crippen LogP contribution in [-0.4, -0.2) is 75.9 Å². The molecule has 222 valence electrons. The molecule has 3 atom stereocenters. The van der Waals surface area contributed by atoms with Crippen LogP contribution in [0.5, 0.6) is 0 Å². The summed E-state index contributed by atoms with van der Waals surface area (Å²) in [6.07, 6.45) is 1.73. The number of hydrogen-bond donors (Lipinski definition) is 1. The van der Waals surface area contributed by atoms with Gasteiger partial charge in [0.25, 0.3) is 5.91 Å². The first-order valence-electron chi connectivity index (χ1n) is 14.1. The highest BCUT2D eigenvalue weighted by molar-refractivity contribution is 8.02. The molecule has 0 aromatic heterocycles. The van der Waals surface area contributed by atoms with Crippen molar-refractivity contribution in [2.24, 2.45) is 0 Å². The number of carbonyl (C=O) groups excluding carboxylic acids is 3. The molecule has 0 radical (unpaired) electrons. The number of rotatable bonds is 8. The fraction of sp³-hybridized carbons (Fsp3) is 0.406. The first kappa shape index (κ1) is 30.3. The first-order chi connectivity index (χ1) is 20.1. The van der Waals surface area contributed by atoms with Gasteiger partial charge in [-0.25, -0.2) is 9.59 Å². The van der Waals surface area contributed by atoms with Gasteiger partial charge in [0.05, 0.1) is 0 Å². The second-order valence-corrected chi connectivity index (χ2v) is 13.9. The number of benzene rings is 2. The molecule has 3 aliphatic rings. The van der Waals surface area contributed by atoms with E-state index in [-0.39, 0.29) is 11.6 Å². The Morgan fingerprint density at radius 2 is 1.71 bits per heavy atom. The molecular formula is C32H37N3O5S2. The number of amides is 2. The number of esters is 1. The van der Waals surface area contributed by atoms with Gasteiger partial charge in [0, 0.05) is 17.5 Å². The number of nitrogens with one attached hydrogen (secondary N) is 1. The van der Waals surface area contributed by atoms with Crippen molar-refractivity contribution in [3.8, 4) is 0 Å². The highest BCUT2D eigenvalue weighted by atomic mass is 32.2. The minimum absolute atomic E-state index is 0.225. The summed E-state index contributed by atoms with van der Waals surface area (Å²) in [5.74, 6) is -0.446. The van der Waals surface area contributed by atoms with E-state index in [1.54, 1.807) is 32.5 Å². The Balaban J connectivity index is 1.42. The lowest BCUT2D eigenvalue weighted by Gasteiger charge is -2.49. The van der Waals surface area contributed by atoms with E-state index < -0.39 is 35.2 Å². The van der Waals surface area contributed by atoms with Crippen LogP contribution in [0.1, 0.15) is 44.4 Å². The Hall–Kier alpha value is -3.21. The van der Waals surface area contributed by atoms with Gasteiger partial charge in [-0.15, -0.1) is 23.5 Å². The molecule has 2 aromatic carbocycles. The quantitative estimate of drug-likeness (QED) is 0.318. The summed E-state index contributed by atoms with van der Waals surface area (Å²) in [5, 5.41) is 4.77. The Morgan fingerprint density at radius 3 is 2.29 bits per heavy atom. The predicted octanol–water partition coefficient (Wildman–Crippen LogP) is 5.33. The van der Waals surface area contributed by atoms with Crippen molar-refractivity contribution < 1.29 is 23.9 Å². The Morgan fingerprint density at radius 1 is 1.07 bits per heavy atom. The Kier molecular flexibility index (Phi) is 9.35. The van der Waals surface area contributed by atoms with Gasteiger partial charge in [-0.2, -0.15) is 0 Å². The van der Waals surface area contributed by atoms with E-state index in [0.29, 0.717) is 11.0 Å². The lowest BCUT2D eigenvalue weighted by Crippen LogP contribution is -2.70. The molecule has 0 unspecified atom stereocenters. The second-order valence-electron chi connectivity index (χ2n) is 11.6. The third-order valence-electron chi connectivity index (χ3n) is 7.18. The zero-order chi connectivity index (χ0) is 29.9. The average molecular weight is 608 g/mol. The van der Waals surface area contributed by atoms with E-state index in [9.17, 15) is 14.4 Å². The average Bonchev–Trinajstić information content (AvgIpc) is 3.38. The van der Waals surface area contributed by atoms with E-state index in [1.807, 2.05) is 72.1 Å². The van der Waals surface area contributed by atoms with Gasteiger partial charge in [-0.05, 0) is 69.0 Å². The van der Waals surface area contributed by atoms with E-state index in [2.05, 4.69) is 17.3 Å². The topological polar surface area (TPSA) is 88.2 Å². The number of carbonyl (C=O) groups is 3. The van der Waals surface area contributed by atoms with Gasteiger partial charge in [0.1, 0.15) is 22.7 Å². The number of hydrogen-bond acceptors (Lipinski definition) is 8. The predicted molar refractivity (Wildman–Crippen MR) is 167 cm³/mol. The van der Waals surface area contributed by atoms with Crippen LogP contribution < -0.4 is 5.32 Å². The monoisotopic (exact) mass is 607 g/mol. The fourth-order valence-corrected chi connectivity index (χ4v) is 7.55. The first-order valence-corrected chi connectivity index (χ1v) is 16.1. The molecule has 2 fully saturated rings. The van der Waals surface area contributed by atoms with E-state index >= 15 is 0 Å². The summed E-state index contributed by atoms with van der Waals surface area (Å²) in [6, 6.07) is 18.3. The largest absolute Gasteiger partial charge is 0.448 e. The standard InChI is InChI=1S/C32H37N3O5S2/c1-32(2,3)40-31(38)33-25-28(36)35-26(23(20-42-29(25)35)16-18-41-24-15-17-34(4)19-24)30(37)39-27(21-11-7-5-8-12-21)22-13-9-6-10-14-22/h5-14,16,18,24-25,27,29H,15,17,19-20H2,1-4H3,(H,33,38)/b18-16+/t24-,25+,29+/m0/s1. The molecule has 0 saturated carbocycles. The van der Waals surface area contributed by atoms with Gasteiger partial charge < -0.3 is 19.7 Å². The summed E-state index contributed by atoms with van der Waals surface area (Å²) in [7, 11) is 2.12. The SMILES string of the molecule is CN1CC[C@H](S/C=C/C2=C(C(=O)OC(c3ccccc3)c3ccccc3)N3C(=O)[C@@H](NC(=O)OC(C)(C)C)[C@H]3SC2)C1. The van der Waals surface area contributed by atoms with Crippen molar-refractivity contribution in [3.63, 3.8) is 0 Å². The van der Waals surface area contributed by atoms with Gasteiger partial charge >= 0.3 is 12.1 Å². The van der Waals surface area contributed by atoms with Crippen LogP contribution in [0, 0.1) is 0 Å². The van der Waals surface area contributed by atoms with Crippen molar-refractivity contribution in [1.82, 2.24) is 15.1 Å². The van der Waals surface area contributed by atoms with E-state index in [4.69, 9.17) is 9.47 Å². The molecule has 10 heteroatoms. The molecule has 2 saturated heterocycles. The van der Waals surface area contributed by atoms with Crippen molar-refractivity contribution >= 4 is 41.5 Å². The van der Waals surface area contributed by atoms with Crippen LogP contribution >= 0.6 is 23.5 Å². The number of alkyl carbamates (subject to hydrolysis) is 1. The number of allylic oxidation sites excluding steroid dienone is 1. The third-order valence-corrected chi connectivity index (χ3v) is 9.55. The number of β-lactam (4-membered cyclic amide) rings is 1. The molecule has 0 aliphatic carbocycles. The lowest BCUT2D eigenvalue weighted by atomic mass is 10.0. The Labute approximate surface area is 255 Å². The molecule has 0 spiro atoms. The summed E-state index contributed by atoms with van der Waals surface area (Å²) in [6.45, 7) is 7.38. The molecule has 1 N–H and O–H groups in total. The van der Waals surface area contributed by atoms with Gasteiger partial charge in [-0.1, -0.05) is 60.7 Å². The fourth-order valence-electron chi connectivity index (χ4n) is 5.18. The normalized spacial score (nSPS) is 22.7. The maximum absolute atomic E-state index is 14.0. The van der Waals surface area contributed by atoms with Crippen molar-refractivity contribution in [2.45, 2.75) is 55.6 Å². The molecule has 3 heterocycles. The number of likely N-dealkylation sites (tertiary alicyclic amines) is 1. The van der Waals surface area contributed by atoms with Crippen molar-refractivity contribution in [3.05, 3.63) is 94.5 Å².